The molecule has 0 spiro atoms. The third kappa shape index (κ3) is 0.863. The van der Waals surface area contributed by atoms with Gasteiger partial charge in [-0.3, -0.25) is 0 Å². The number of carbonyl (C=O) groups excluding carboxylic acids is 1. The fourth-order valence-corrected chi connectivity index (χ4v) is 3.09. The molecule has 2 saturated carbocycles. The molecule has 3 atom stereocenters. The van der Waals surface area contributed by atoms with Gasteiger partial charge in [-0.25, -0.2) is 0 Å². The molecule has 0 saturated heterocycles. The predicted octanol–water partition coefficient (Wildman–Crippen LogP) is 2.26. The second-order valence-corrected chi connectivity index (χ2v) is 4.68. The number of hydrogen-bond acceptors (Lipinski definition) is 1. The Kier molecular flexibility index (Phi) is 1.39. The van der Waals surface area contributed by atoms with Gasteiger partial charge in [0, 0.05) is 5.92 Å². The maximum absolute atomic E-state index is 10.7. The highest BCUT2D eigenvalue weighted by Crippen LogP contribution is 2.66. The van der Waals surface area contributed by atoms with E-state index in [2.05, 4.69) is 13.8 Å². The molecular formula is C10H16O. The zero-order valence-corrected chi connectivity index (χ0v) is 7.34. The maximum atomic E-state index is 10.7. The van der Waals surface area contributed by atoms with Crippen molar-refractivity contribution < 1.29 is 4.79 Å². The van der Waals surface area contributed by atoms with Crippen LogP contribution in [0.5, 0.6) is 0 Å². The van der Waals surface area contributed by atoms with Crippen LogP contribution in [0.25, 0.3) is 0 Å². The molecule has 11 heavy (non-hydrogen) atoms. The summed E-state index contributed by atoms with van der Waals surface area (Å²) in [7, 11) is 0. The van der Waals surface area contributed by atoms with Crippen LogP contribution in [0.2, 0.25) is 0 Å². The van der Waals surface area contributed by atoms with Gasteiger partial charge in [-0.05, 0) is 30.1 Å². The Balaban J connectivity index is 2.13. The number of carbonyl (C=O) groups is 1. The molecule has 0 aromatic rings. The SMILES string of the molecule is CC1(C)C2CCCC(C=O)C21. The molecule has 2 aliphatic carbocycles. The molecule has 0 bridgehead atoms. The second-order valence-electron chi connectivity index (χ2n) is 4.68. The lowest BCUT2D eigenvalue weighted by Gasteiger charge is -2.14. The van der Waals surface area contributed by atoms with Gasteiger partial charge in [0.15, 0.2) is 0 Å². The van der Waals surface area contributed by atoms with E-state index < -0.39 is 0 Å². The van der Waals surface area contributed by atoms with Crippen LogP contribution < -0.4 is 0 Å². The summed E-state index contributed by atoms with van der Waals surface area (Å²) in [6, 6.07) is 0. The number of rotatable bonds is 1. The van der Waals surface area contributed by atoms with Crippen LogP contribution in [0.15, 0.2) is 0 Å². The molecule has 62 valence electrons. The van der Waals surface area contributed by atoms with Gasteiger partial charge in [0.05, 0.1) is 0 Å². The Morgan fingerprint density at radius 2 is 2.09 bits per heavy atom. The van der Waals surface area contributed by atoms with Crippen molar-refractivity contribution in [3.8, 4) is 0 Å². The summed E-state index contributed by atoms with van der Waals surface area (Å²) in [6.07, 6.45) is 4.97. The molecule has 0 amide bonds. The van der Waals surface area contributed by atoms with Crippen molar-refractivity contribution in [1.29, 1.82) is 0 Å². The average molecular weight is 152 g/mol. The highest BCUT2D eigenvalue weighted by Gasteiger charge is 2.61. The van der Waals surface area contributed by atoms with E-state index in [1.807, 2.05) is 0 Å². The third-order valence-electron chi connectivity index (χ3n) is 3.83. The van der Waals surface area contributed by atoms with E-state index in [1.54, 1.807) is 0 Å². The Hall–Kier alpha value is -0.330. The smallest absolute Gasteiger partial charge is 0.123 e. The van der Waals surface area contributed by atoms with Crippen molar-refractivity contribution in [3.63, 3.8) is 0 Å². The second kappa shape index (κ2) is 2.09. The average Bonchev–Trinajstić information content (AvgIpc) is 2.56. The molecule has 0 aliphatic heterocycles. The number of aldehydes is 1. The first-order valence-electron chi connectivity index (χ1n) is 4.63. The van der Waals surface area contributed by atoms with E-state index in [-0.39, 0.29) is 0 Å². The van der Waals surface area contributed by atoms with Crippen molar-refractivity contribution in [2.24, 2.45) is 23.2 Å². The topological polar surface area (TPSA) is 17.1 Å². The Morgan fingerprint density at radius 3 is 2.64 bits per heavy atom. The molecule has 0 N–H and O–H groups in total. The summed E-state index contributed by atoms with van der Waals surface area (Å²) in [6.45, 7) is 4.62. The predicted molar refractivity (Wildman–Crippen MR) is 44.2 cm³/mol. The zero-order chi connectivity index (χ0) is 8.06. The van der Waals surface area contributed by atoms with Gasteiger partial charge in [-0.15, -0.1) is 0 Å². The molecule has 0 aromatic heterocycles. The van der Waals surface area contributed by atoms with Crippen molar-refractivity contribution in [2.75, 3.05) is 0 Å². The van der Waals surface area contributed by atoms with Crippen LogP contribution in [-0.4, -0.2) is 6.29 Å². The first-order valence-corrected chi connectivity index (χ1v) is 4.63. The van der Waals surface area contributed by atoms with Gasteiger partial charge in [0.2, 0.25) is 0 Å². The lowest BCUT2D eigenvalue weighted by atomic mass is 9.90. The van der Waals surface area contributed by atoms with E-state index in [4.69, 9.17) is 0 Å². The van der Waals surface area contributed by atoms with Gasteiger partial charge in [-0.1, -0.05) is 20.3 Å². The van der Waals surface area contributed by atoms with Gasteiger partial charge in [0.25, 0.3) is 0 Å². The molecule has 0 radical (unpaired) electrons. The molecule has 2 rings (SSSR count). The Labute approximate surface area is 68.2 Å². The van der Waals surface area contributed by atoms with E-state index >= 15 is 0 Å². The Morgan fingerprint density at radius 1 is 1.36 bits per heavy atom. The van der Waals surface area contributed by atoms with Crippen LogP contribution in [0.3, 0.4) is 0 Å². The number of hydrogen-bond donors (Lipinski definition) is 0. The standard InChI is InChI=1S/C10H16O/c1-10(2)8-5-3-4-7(6-11)9(8)10/h6-9H,3-5H2,1-2H3. The minimum absolute atomic E-state index is 0.392. The minimum Gasteiger partial charge on any atom is -0.303 e. The van der Waals surface area contributed by atoms with Gasteiger partial charge < -0.3 is 4.79 Å². The fraction of sp³-hybridized carbons (Fsp3) is 0.900. The van der Waals surface area contributed by atoms with Gasteiger partial charge in [0.1, 0.15) is 6.29 Å². The van der Waals surface area contributed by atoms with E-state index in [0.717, 1.165) is 18.3 Å². The van der Waals surface area contributed by atoms with Crippen LogP contribution in [-0.2, 0) is 4.79 Å². The summed E-state index contributed by atoms with van der Waals surface area (Å²) in [5, 5.41) is 0. The molecule has 0 heterocycles. The van der Waals surface area contributed by atoms with Crippen LogP contribution >= 0.6 is 0 Å². The van der Waals surface area contributed by atoms with Crippen LogP contribution in [0.4, 0.5) is 0 Å². The van der Waals surface area contributed by atoms with Crippen molar-refractivity contribution in [3.05, 3.63) is 0 Å². The minimum atomic E-state index is 0.392. The molecular weight excluding hydrogens is 136 g/mol. The third-order valence-corrected chi connectivity index (χ3v) is 3.83. The van der Waals surface area contributed by atoms with Gasteiger partial charge >= 0.3 is 0 Å². The monoisotopic (exact) mass is 152 g/mol. The number of fused-ring (bicyclic) bond motifs is 1. The lowest BCUT2D eigenvalue weighted by molar-refractivity contribution is -0.112. The highest BCUT2D eigenvalue weighted by atomic mass is 16.1. The van der Waals surface area contributed by atoms with E-state index in [0.29, 0.717) is 11.3 Å². The first-order chi connectivity index (χ1) is 5.18. The molecule has 3 unspecified atom stereocenters. The quantitative estimate of drug-likeness (QED) is 0.527. The first kappa shape index (κ1) is 7.33. The van der Waals surface area contributed by atoms with Gasteiger partial charge in [-0.2, -0.15) is 0 Å². The van der Waals surface area contributed by atoms with E-state index in [1.165, 1.54) is 19.1 Å². The summed E-state index contributed by atoms with van der Waals surface area (Å²) >= 11 is 0. The normalized spacial score (nSPS) is 46.2. The Bertz CT molecular complexity index is 183. The summed E-state index contributed by atoms with van der Waals surface area (Å²) < 4.78 is 0. The largest absolute Gasteiger partial charge is 0.303 e. The van der Waals surface area contributed by atoms with Crippen molar-refractivity contribution in [1.82, 2.24) is 0 Å². The summed E-state index contributed by atoms with van der Waals surface area (Å²) in [5.41, 5.74) is 0.488. The van der Waals surface area contributed by atoms with Crippen LogP contribution in [0, 0.1) is 23.2 Å². The molecule has 1 heteroatoms. The van der Waals surface area contributed by atoms with Crippen molar-refractivity contribution >= 4 is 6.29 Å². The summed E-state index contributed by atoms with van der Waals surface area (Å²) in [5.74, 6) is 1.99. The molecule has 2 fully saturated rings. The lowest BCUT2D eigenvalue weighted by Crippen LogP contribution is -2.11. The van der Waals surface area contributed by atoms with Crippen molar-refractivity contribution in [2.45, 2.75) is 33.1 Å². The van der Waals surface area contributed by atoms with Crippen LogP contribution in [0.1, 0.15) is 33.1 Å². The fourth-order valence-electron chi connectivity index (χ4n) is 3.09. The summed E-state index contributed by atoms with van der Waals surface area (Å²) in [4.78, 5) is 10.7. The molecule has 2 aliphatic rings. The van der Waals surface area contributed by atoms with E-state index in [9.17, 15) is 4.79 Å². The highest BCUT2D eigenvalue weighted by molar-refractivity contribution is 5.56. The molecule has 0 aromatic carbocycles. The zero-order valence-electron chi connectivity index (χ0n) is 7.34. The molecule has 1 nitrogen and oxygen atoms in total. The maximum Gasteiger partial charge on any atom is 0.123 e.